The van der Waals surface area contributed by atoms with Crippen LogP contribution in [0.2, 0.25) is 0 Å². The van der Waals surface area contributed by atoms with Crippen LogP contribution in [0.5, 0.6) is 0 Å². The Morgan fingerprint density at radius 2 is 2.00 bits per heavy atom. The van der Waals surface area contributed by atoms with Gasteiger partial charge >= 0.3 is 0 Å². The summed E-state index contributed by atoms with van der Waals surface area (Å²) < 4.78 is 12.7. The van der Waals surface area contributed by atoms with Crippen molar-refractivity contribution in [1.29, 1.82) is 0 Å². The fraction of sp³-hybridized carbons (Fsp3) is 0.0769. The fourth-order valence-corrected chi connectivity index (χ4v) is 1.61. The van der Waals surface area contributed by atoms with Crippen LogP contribution in [0, 0.1) is 5.82 Å². The number of halogens is 1. The first-order chi connectivity index (χ1) is 9.15. The van der Waals surface area contributed by atoms with Crippen LogP contribution in [-0.2, 0) is 0 Å². The number of thiocarbonyl (C=S) groups is 1. The predicted octanol–water partition coefficient (Wildman–Crippen LogP) is 2.86. The summed E-state index contributed by atoms with van der Waals surface area (Å²) in [5.41, 5.74) is 5.13. The number of hydrazone groups is 1. The highest BCUT2D eigenvalue weighted by Crippen LogP contribution is 2.07. The van der Waals surface area contributed by atoms with E-state index in [-0.39, 0.29) is 5.82 Å². The number of rotatable bonds is 3. The van der Waals surface area contributed by atoms with E-state index in [1.807, 2.05) is 25.3 Å². The van der Waals surface area contributed by atoms with Gasteiger partial charge in [-0.15, -0.1) is 0 Å². The Labute approximate surface area is 115 Å². The van der Waals surface area contributed by atoms with E-state index >= 15 is 0 Å². The summed E-state index contributed by atoms with van der Waals surface area (Å²) in [5.74, 6) is -0.287. The van der Waals surface area contributed by atoms with Gasteiger partial charge in [-0.3, -0.25) is 5.43 Å². The van der Waals surface area contributed by atoms with E-state index in [1.54, 1.807) is 12.1 Å². The van der Waals surface area contributed by atoms with Crippen LogP contribution in [0.25, 0.3) is 0 Å². The van der Waals surface area contributed by atoms with Gasteiger partial charge in [0.05, 0.1) is 11.4 Å². The summed E-state index contributed by atoms with van der Waals surface area (Å²) in [7, 11) is 0. The summed E-state index contributed by atoms with van der Waals surface area (Å²) in [6, 6.07) is 9.73. The van der Waals surface area contributed by atoms with Crippen molar-refractivity contribution >= 4 is 28.7 Å². The molecule has 0 bridgehead atoms. The molecule has 0 aliphatic carbocycles. The van der Waals surface area contributed by atoms with Crippen molar-refractivity contribution in [2.75, 3.05) is 5.32 Å². The number of anilines is 1. The summed E-state index contributed by atoms with van der Waals surface area (Å²) in [6.45, 7) is 1.86. The van der Waals surface area contributed by atoms with E-state index in [0.717, 1.165) is 11.4 Å². The quantitative estimate of drug-likeness (QED) is 0.459. The van der Waals surface area contributed by atoms with Gasteiger partial charge in [-0.2, -0.15) is 5.10 Å². The molecule has 6 heteroatoms. The number of hydrogen-bond acceptors (Lipinski definition) is 2. The van der Waals surface area contributed by atoms with Crippen LogP contribution in [0.3, 0.4) is 0 Å². The van der Waals surface area contributed by atoms with Crippen molar-refractivity contribution in [3.05, 3.63) is 54.1 Å². The molecule has 19 heavy (non-hydrogen) atoms. The molecular weight excluding hydrogens is 263 g/mol. The number of hydrogen-bond donors (Lipinski definition) is 3. The first-order valence-electron chi connectivity index (χ1n) is 5.66. The summed E-state index contributed by atoms with van der Waals surface area (Å²) in [5, 5.41) is 7.39. The predicted molar refractivity (Wildman–Crippen MR) is 78.8 cm³/mol. The third kappa shape index (κ3) is 3.89. The molecule has 0 unspecified atom stereocenters. The standard InChI is InChI=1S/C13H13FN4S/c1-9(12-3-2-8-15-12)17-18-13(19)16-11-6-4-10(14)5-7-11/h2-8,15H,1H3,(H2,16,18,19)/b17-9+. The van der Waals surface area contributed by atoms with Crippen LogP contribution in [0.1, 0.15) is 12.6 Å². The number of nitrogens with one attached hydrogen (secondary N) is 3. The molecule has 2 aromatic rings. The van der Waals surface area contributed by atoms with E-state index < -0.39 is 0 Å². The van der Waals surface area contributed by atoms with E-state index in [1.165, 1.54) is 12.1 Å². The average molecular weight is 276 g/mol. The van der Waals surface area contributed by atoms with E-state index in [0.29, 0.717) is 10.8 Å². The van der Waals surface area contributed by atoms with Gasteiger partial charge in [0, 0.05) is 11.9 Å². The molecule has 1 aromatic carbocycles. The van der Waals surface area contributed by atoms with Gasteiger partial charge in [0.15, 0.2) is 5.11 Å². The number of benzene rings is 1. The third-order valence-electron chi connectivity index (χ3n) is 2.41. The molecule has 4 nitrogen and oxygen atoms in total. The second-order valence-corrected chi connectivity index (χ2v) is 4.26. The van der Waals surface area contributed by atoms with Gasteiger partial charge in [-0.05, 0) is 55.5 Å². The summed E-state index contributed by atoms with van der Waals surface area (Å²) in [6.07, 6.45) is 1.82. The highest BCUT2D eigenvalue weighted by Gasteiger charge is 1.99. The molecule has 0 amide bonds. The number of aromatic nitrogens is 1. The van der Waals surface area contributed by atoms with Gasteiger partial charge in [0.25, 0.3) is 0 Å². The Kier molecular flexibility index (Phi) is 4.25. The second-order valence-electron chi connectivity index (χ2n) is 3.85. The van der Waals surface area contributed by atoms with Crippen molar-refractivity contribution in [1.82, 2.24) is 10.4 Å². The Bertz CT molecular complexity index is 575. The smallest absolute Gasteiger partial charge is 0.191 e. The molecule has 0 radical (unpaired) electrons. The lowest BCUT2D eigenvalue weighted by molar-refractivity contribution is 0.628. The van der Waals surface area contributed by atoms with Crippen LogP contribution in [0.4, 0.5) is 10.1 Å². The van der Waals surface area contributed by atoms with Crippen molar-refractivity contribution in [2.24, 2.45) is 5.10 Å². The van der Waals surface area contributed by atoms with Crippen LogP contribution >= 0.6 is 12.2 Å². The van der Waals surface area contributed by atoms with Crippen LogP contribution in [-0.4, -0.2) is 15.8 Å². The molecule has 0 saturated carbocycles. The number of nitrogens with zero attached hydrogens (tertiary/aromatic N) is 1. The van der Waals surface area contributed by atoms with Gasteiger partial charge in [0.1, 0.15) is 5.82 Å². The molecule has 0 spiro atoms. The van der Waals surface area contributed by atoms with E-state index in [9.17, 15) is 4.39 Å². The number of aromatic amines is 1. The maximum Gasteiger partial charge on any atom is 0.191 e. The van der Waals surface area contributed by atoms with E-state index in [4.69, 9.17) is 12.2 Å². The zero-order valence-electron chi connectivity index (χ0n) is 10.3. The molecule has 2 rings (SSSR count). The highest BCUT2D eigenvalue weighted by atomic mass is 32.1. The largest absolute Gasteiger partial charge is 0.360 e. The molecule has 0 atom stereocenters. The average Bonchev–Trinajstić information content (AvgIpc) is 2.93. The van der Waals surface area contributed by atoms with Gasteiger partial charge in [-0.1, -0.05) is 0 Å². The fourth-order valence-electron chi connectivity index (χ4n) is 1.44. The Balaban J connectivity index is 1.91. The molecular formula is C13H13FN4S. The Morgan fingerprint density at radius 3 is 2.63 bits per heavy atom. The zero-order chi connectivity index (χ0) is 13.7. The van der Waals surface area contributed by atoms with Crippen molar-refractivity contribution < 1.29 is 4.39 Å². The van der Waals surface area contributed by atoms with Crippen molar-refractivity contribution in [3.63, 3.8) is 0 Å². The molecule has 0 aliphatic heterocycles. The maximum absolute atomic E-state index is 12.7. The summed E-state index contributed by atoms with van der Waals surface area (Å²) >= 11 is 5.08. The highest BCUT2D eigenvalue weighted by molar-refractivity contribution is 7.80. The van der Waals surface area contributed by atoms with Crippen LogP contribution < -0.4 is 10.7 Å². The monoisotopic (exact) mass is 276 g/mol. The minimum Gasteiger partial charge on any atom is -0.360 e. The molecule has 3 N–H and O–H groups in total. The van der Waals surface area contributed by atoms with Crippen LogP contribution in [0.15, 0.2) is 47.7 Å². The normalized spacial score (nSPS) is 11.2. The maximum atomic E-state index is 12.7. The number of H-pyrrole nitrogens is 1. The lowest BCUT2D eigenvalue weighted by Gasteiger charge is -2.07. The minimum absolute atomic E-state index is 0.287. The molecule has 0 aliphatic rings. The lowest BCUT2D eigenvalue weighted by atomic mass is 10.3. The van der Waals surface area contributed by atoms with E-state index in [2.05, 4.69) is 20.8 Å². The van der Waals surface area contributed by atoms with Gasteiger partial charge in [0.2, 0.25) is 0 Å². The molecule has 0 saturated heterocycles. The Morgan fingerprint density at radius 1 is 1.26 bits per heavy atom. The van der Waals surface area contributed by atoms with Crippen molar-refractivity contribution in [2.45, 2.75) is 6.92 Å². The lowest BCUT2D eigenvalue weighted by Crippen LogP contribution is -2.25. The molecule has 1 aromatic heterocycles. The zero-order valence-corrected chi connectivity index (χ0v) is 11.1. The molecule has 1 heterocycles. The first-order valence-corrected chi connectivity index (χ1v) is 6.06. The second kappa shape index (κ2) is 6.10. The topological polar surface area (TPSA) is 52.2 Å². The molecule has 0 fully saturated rings. The van der Waals surface area contributed by atoms with Gasteiger partial charge in [-0.25, -0.2) is 4.39 Å². The van der Waals surface area contributed by atoms with Gasteiger partial charge < -0.3 is 10.3 Å². The first kappa shape index (κ1) is 13.2. The third-order valence-corrected chi connectivity index (χ3v) is 2.61. The Hall–Kier alpha value is -2.21. The minimum atomic E-state index is -0.287. The molecule has 98 valence electrons. The van der Waals surface area contributed by atoms with Crippen molar-refractivity contribution in [3.8, 4) is 0 Å². The SMILES string of the molecule is C/C(=N\NC(=S)Nc1ccc(F)cc1)c1ccc[nH]1. The summed E-state index contributed by atoms with van der Waals surface area (Å²) in [4.78, 5) is 3.04.